The summed E-state index contributed by atoms with van der Waals surface area (Å²) in [6.07, 6.45) is 1.54. The number of carbonyl (C=O) groups is 1. The van der Waals surface area contributed by atoms with E-state index >= 15 is 0 Å². The summed E-state index contributed by atoms with van der Waals surface area (Å²) in [6.45, 7) is 3.56. The van der Waals surface area contributed by atoms with Crippen molar-refractivity contribution in [2.24, 2.45) is 0 Å². The normalized spacial score (nSPS) is 11.4. The number of hydrogen-bond donors (Lipinski definition) is 1. The molecular formula is C9H14N2O2S. The molecular weight excluding hydrogens is 200 g/mol. The molecule has 4 nitrogen and oxygen atoms in total. The first-order valence-electron chi connectivity index (χ1n) is 4.26. The second-order valence-electron chi connectivity index (χ2n) is 3.70. The SMILES string of the molecule is CN(C(=O)c1cncs1)C(C)(C)CO. The standard InChI is InChI=1S/C9H14N2O2S/c1-9(2,5-12)11(3)8(13)7-4-10-6-14-7/h4,6,12H,5H2,1-3H3. The first kappa shape index (κ1) is 11.1. The zero-order chi connectivity index (χ0) is 10.8. The van der Waals surface area contributed by atoms with Crippen LogP contribution in [-0.4, -0.2) is 40.1 Å². The van der Waals surface area contributed by atoms with Gasteiger partial charge in [-0.05, 0) is 13.8 Å². The van der Waals surface area contributed by atoms with Crippen molar-refractivity contribution in [1.82, 2.24) is 9.88 Å². The summed E-state index contributed by atoms with van der Waals surface area (Å²) in [5, 5.41) is 9.10. The van der Waals surface area contributed by atoms with Crippen LogP contribution in [-0.2, 0) is 0 Å². The van der Waals surface area contributed by atoms with Gasteiger partial charge in [0, 0.05) is 7.05 Å². The Labute approximate surface area is 87.2 Å². The summed E-state index contributed by atoms with van der Waals surface area (Å²) in [6, 6.07) is 0. The molecule has 0 aliphatic carbocycles. The smallest absolute Gasteiger partial charge is 0.265 e. The van der Waals surface area contributed by atoms with Crippen molar-refractivity contribution in [2.45, 2.75) is 19.4 Å². The largest absolute Gasteiger partial charge is 0.394 e. The van der Waals surface area contributed by atoms with Crippen molar-refractivity contribution in [3.63, 3.8) is 0 Å². The molecule has 0 saturated heterocycles. The number of carbonyl (C=O) groups excluding carboxylic acids is 1. The summed E-state index contributed by atoms with van der Waals surface area (Å²) >= 11 is 1.30. The Morgan fingerprint density at radius 2 is 2.36 bits per heavy atom. The third kappa shape index (κ3) is 2.10. The predicted octanol–water partition coefficient (Wildman–Crippen LogP) is 0.986. The number of rotatable bonds is 3. The van der Waals surface area contributed by atoms with Gasteiger partial charge in [-0.1, -0.05) is 0 Å². The van der Waals surface area contributed by atoms with Crippen molar-refractivity contribution < 1.29 is 9.90 Å². The van der Waals surface area contributed by atoms with Crippen LogP contribution in [0.1, 0.15) is 23.5 Å². The Kier molecular flexibility index (Phi) is 3.23. The van der Waals surface area contributed by atoms with Crippen LogP contribution in [0.25, 0.3) is 0 Å². The highest BCUT2D eigenvalue weighted by molar-refractivity contribution is 7.11. The zero-order valence-corrected chi connectivity index (χ0v) is 9.34. The van der Waals surface area contributed by atoms with Gasteiger partial charge in [-0.2, -0.15) is 0 Å². The summed E-state index contributed by atoms with van der Waals surface area (Å²) < 4.78 is 0. The number of nitrogens with zero attached hydrogens (tertiary/aromatic N) is 2. The Morgan fingerprint density at radius 3 is 2.79 bits per heavy atom. The molecule has 1 amide bonds. The number of hydrogen-bond acceptors (Lipinski definition) is 4. The summed E-state index contributed by atoms with van der Waals surface area (Å²) in [7, 11) is 1.68. The number of amides is 1. The fourth-order valence-corrected chi connectivity index (χ4v) is 1.46. The van der Waals surface area contributed by atoms with Gasteiger partial charge in [0.25, 0.3) is 5.91 Å². The molecule has 1 heterocycles. The molecule has 1 N–H and O–H groups in total. The molecule has 0 aromatic carbocycles. The molecule has 0 spiro atoms. The van der Waals surface area contributed by atoms with E-state index in [9.17, 15) is 4.79 Å². The molecule has 0 fully saturated rings. The Morgan fingerprint density at radius 1 is 1.71 bits per heavy atom. The van der Waals surface area contributed by atoms with Gasteiger partial charge in [0.15, 0.2) is 0 Å². The van der Waals surface area contributed by atoms with Gasteiger partial charge in [-0.25, -0.2) is 0 Å². The molecule has 1 rings (SSSR count). The maximum Gasteiger partial charge on any atom is 0.265 e. The van der Waals surface area contributed by atoms with Crippen LogP contribution in [0.2, 0.25) is 0 Å². The Hall–Kier alpha value is -0.940. The second-order valence-corrected chi connectivity index (χ2v) is 4.59. The van der Waals surface area contributed by atoms with E-state index in [4.69, 9.17) is 5.11 Å². The van der Waals surface area contributed by atoms with Gasteiger partial charge >= 0.3 is 0 Å². The molecule has 0 bridgehead atoms. The van der Waals surface area contributed by atoms with Gasteiger partial charge in [0.2, 0.25) is 0 Å². The van der Waals surface area contributed by atoms with E-state index in [2.05, 4.69) is 4.98 Å². The number of aliphatic hydroxyl groups is 1. The van der Waals surface area contributed by atoms with Crippen molar-refractivity contribution in [1.29, 1.82) is 0 Å². The minimum absolute atomic E-state index is 0.0615. The molecule has 0 aliphatic heterocycles. The first-order chi connectivity index (χ1) is 6.49. The second kappa shape index (κ2) is 4.06. The monoisotopic (exact) mass is 214 g/mol. The lowest BCUT2D eigenvalue weighted by Crippen LogP contribution is -2.47. The van der Waals surface area contributed by atoms with E-state index in [1.165, 1.54) is 22.4 Å². The average Bonchev–Trinajstić information content (AvgIpc) is 2.68. The summed E-state index contributed by atoms with van der Waals surface area (Å²) in [5.74, 6) is -0.105. The minimum Gasteiger partial charge on any atom is -0.394 e. The fraction of sp³-hybridized carbons (Fsp3) is 0.556. The predicted molar refractivity (Wildman–Crippen MR) is 55.4 cm³/mol. The molecule has 14 heavy (non-hydrogen) atoms. The van der Waals surface area contributed by atoms with Crippen molar-refractivity contribution in [3.05, 3.63) is 16.6 Å². The number of likely N-dealkylation sites (N-methyl/N-ethyl adjacent to an activating group) is 1. The molecule has 0 radical (unpaired) electrons. The maximum absolute atomic E-state index is 11.8. The molecule has 78 valence electrons. The van der Waals surface area contributed by atoms with E-state index in [0.717, 1.165) is 0 Å². The Bertz CT molecular complexity index is 309. The zero-order valence-electron chi connectivity index (χ0n) is 8.52. The fourth-order valence-electron chi connectivity index (χ4n) is 0.868. The highest BCUT2D eigenvalue weighted by Crippen LogP contribution is 2.16. The number of aromatic nitrogens is 1. The molecule has 0 atom stereocenters. The van der Waals surface area contributed by atoms with Gasteiger partial charge in [-0.15, -0.1) is 11.3 Å². The van der Waals surface area contributed by atoms with Gasteiger partial charge in [0.05, 0.1) is 23.9 Å². The minimum atomic E-state index is -0.541. The lowest BCUT2D eigenvalue weighted by atomic mass is 10.1. The third-order valence-corrected chi connectivity index (χ3v) is 3.00. The van der Waals surface area contributed by atoms with Crippen LogP contribution in [0.15, 0.2) is 11.7 Å². The van der Waals surface area contributed by atoms with Crippen LogP contribution in [0.5, 0.6) is 0 Å². The quantitative estimate of drug-likeness (QED) is 0.816. The van der Waals surface area contributed by atoms with Crippen molar-refractivity contribution >= 4 is 17.2 Å². The lowest BCUT2D eigenvalue weighted by molar-refractivity contribution is 0.0477. The Balaban J connectivity index is 2.81. The van der Waals surface area contributed by atoms with Crippen LogP contribution >= 0.6 is 11.3 Å². The maximum atomic E-state index is 11.8. The van der Waals surface area contributed by atoms with Gasteiger partial charge in [0.1, 0.15) is 4.88 Å². The lowest BCUT2D eigenvalue weighted by Gasteiger charge is -2.33. The summed E-state index contributed by atoms with van der Waals surface area (Å²) in [4.78, 5) is 17.8. The highest BCUT2D eigenvalue weighted by Gasteiger charge is 2.28. The van der Waals surface area contributed by atoms with E-state index < -0.39 is 5.54 Å². The number of thiazole rings is 1. The molecule has 0 unspecified atom stereocenters. The van der Waals surface area contributed by atoms with Gasteiger partial charge in [-0.3, -0.25) is 9.78 Å². The highest BCUT2D eigenvalue weighted by atomic mass is 32.1. The molecule has 5 heteroatoms. The third-order valence-electron chi connectivity index (χ3n) is 2.24. The number of aliphatic hydroxyl groups excluding tert-OH is 1. The van der Waals surface area contributed by atoms with Crippen LogP contribution in [0, 0.1) is 0 Å². The first-order valence-corrected chi connectivity index (χ1v) is 5.14. The van der Waals surface area contributed by atoms with E-state index in [0.29, 0.717) is 4.88 Å². The molecule has 1 aromatic rings. The summed E-state index contributed by atoms with van der Waals surface area (Å²) in [5.41, 5.74) is 1.08. The van der Waals surface area contributed by atoms with Gasteiger partial charge < -0.3 is 10.0 Å². The van der Waals surface area contributed by atoms with Crippen molar-refractivity contribution in [2.75, 3.05) is 13.7 Å². The van der Waals surface area contributed by atoms with Crippen LogP contribution in [0.4, 0.5) is 0 Å². The molecule has 1 aromatic heterocycles. The van der Waals surface area contributed by atoms with Crippen molar-refractivity contribution in [3.8, 4) is 0 Å². The van der Waals surface area contributed by atoms with E-state index in [1.807, 2.05) is 13.8 Å². The van der Waals surface area contributed by atoms with Crippen LogP contribution < -0.4 is 0 Å². The topological polar surface area (TPSA) is 53.4 Å². The molecule has 0 saturated carbocycles. The average molecular weight is 214 g/mol. The van der Waals surface area contributed by atoms with E-state index in [-0.39, 0.29) is 12.5 Å². The van der Waals surface area contributed by atoms with Crippen LogP contribution in [0.3, 0.4) is 0 Å². The molecule has 0 aliphatic rings. The van der Waals surface area contributed by atoms with E-state index in [1.54, 1.807) is 12.6 Å².